The molecule has 1 rings (SSSR count). The number of para-hydroxylation sites is 1. The lowest BCUT2D eigenvalue weighted by Crippen LogP contribution is -2.40. The Morgan fingerprint density at radius 3 is 2.50 bits per heavy atom. The first-order valence-electron chi connectivity index (χ1n) is 4.42. The highest BCUT2D eigenvalue weighted by atomic mass is 35.5. The first kappa shape index (κ1) is 10.9. The van der Waals surface area contributed by atoms with Gasteiger partial charge in [-0.3, -0.25) is 4.79 Å². The highest BCUT2D eigenvalue weighted by molar-refractivity contribution is 6.31. The van der Waals surface area contributed by atoms with Crippen LogP contribution in [0.25, 0.3) is 0 Å². The minimum Gasteiger partial charge on any atom is -0.367 e. The summed E-state index contributed by atoms with van der Waals surface area (Å²) in [7, 11) is 0. The second kappa shape index (κ2) is 4.86. The SMILES string of the molecule is CCN(c1ccccc1)C(Cl)C(N)=O. The summed E-state index contributed by atoms with van der Waals surface area (Å²) in [5, 5.41) is 0. The number of alkyl halides is 1. The molecule has 1 amide bonds. The number of amides is 1. The predicted octanol–water partition coefficient (Wildman–Crippen LogP) is 1.56. The molecule has 1 unspecified atom stereocenters. The van der Waals surface area contributed by atoms with E-state index in [0.717, 1.165) is 5.69 Å². The van der Waals surface area contributed by atoms with Crippen LogP contribution in [-0.4, -0.2) is 18.0 Å². The molecule has 0 aliphatic carbocycles. The summed E-state index contributed by atoms with van der Waals surface area (Å²) < 4.78 is 0. The number of carbonyl (C=O) groups excluding carboxylic acids is 1. The zero-order valence-corrected chi connectivity index (χ0v) is 8.74. The summed E-state index contributed by atoms with van der Waals surface area (Å²) in [6.45, 7) is 2.56. The van der Waals surface area contributed by atoms with Gasteiger partial charge in [-0.05, 0) is 19.1 Å². The molecule has 76 valence electrons. The van der Waals surface area contributed by atoms with Crippen LogP contribution in [0.5, 0.6) is 0 Å². The lowest BCUT2D eigenvalue weighted by molar-refractivity contribution is -0.117. The fraction of sp³-hybridized carbons (Fsp3) is 0.300. The lowest BCUT2D eigenvalue weighted by atomic mass is 10.3. The van der Waals surface area contributed by atoms with Crippen LogP contribution in [0.1, 0.15) is 6.92 Å². The maximum absolute atomic E-state index is 10.9. The van der Waals surface area contributed by atoms with Gasteiger partial charge in [0, 0.05) is 12.2 Å². The fourth-order valence-corrected chi connectivity index (χ4v) is 1.50. The van der Waals surface area contributed by atoms with Gasteiger partial charge in [-0.15, -0.1) is 0 Å². The summed E-state index contributed by atoms with van der Waals surface area (Å²) in [6, 6.07) is 9.47. The zero-order chi connectivity index (χ0) is 10.6. The number of nitrogens with two attached hydrogens (primary N) is 1. The Kier molecular flexibility index (Phi) is 3.77. The van der Waals surface area contributed by atoms with E-state index in [4.69, 9.17) is 17.3 Å². The average molecular weight is 213 g/mol. The molecule has 4 heteroatoms. The molecular weight excluding hydrogens is 200 g/mol. The predicted molar refractivity (Wildman–Crippen MR) is 58.3 cm³/mol. The number of hydrogen-bond acceptors (Lipinski definition) is 2. The summed E-state index contributed by atoms with van der Waals surface area (Å²) in [4.78, 5) is 12.7. The highest BCUT2D eigenvalue weighted by Crippen LogP contribution is 2.17. The number of benzene rings is 1. The van der Waals surface area contributed by atoms with Crippen molar-refractivity contribution in [2.45, 2.75) is 12.4 Å². The topological polar surface area (TPSA) is 46.3 Å². The monoisotopic (exact) mass is 212 g/mol. The second-order valence-corrected chi connectivity index (χ2v) is 3.27. The van der Waals surface area contributed by atoms with Crippen molar-refractivity contribution in [2.75, 3.05) is 11.4 Å². The van der Waals surface area contributed by atoms with Crippen LogP contribution in [-0.2, 0) is 4.79 Å². The molecule has 0 radical (unpaired) electrons. The maximum Gasteiger partial charge on any atom is 0.255 e. The molecular formula is C10H13ClN2O. The highest BCUT2D eigenvalue weighted by Gasteiger charge is 2.19. The third-order valence-corrected chi connectivity index (χ3v) is 2.39. The summed E-state index contributed by atoms with van der Waals surface area (Å²) in [6.07, 6.45) is 0. The zero-order valence-electron chi connectivity index (χ0n) is 7.98. The van der Waals surface area contributed by atoms with Crippen molar-refractivity contribution in [1.29, 1.82) is 0 Å². The average Bonchev–Trinajstić information content (AvgIpc) is 2.20. The van der Waals surface area contributed by atoms with Crippen molar-refractivity contribution < 1.29 is 4.79 Å². The van der Waals surface area contributed by atoms with E-state index in [-0.39, 0.29) is 0 Å². The molecule has 1 aromatic rings. The molecule has 0 fully saturated rings. The van der Waals surface area contributed by atoms with Crippen LogP contribution in [0.15, 0.2) is 30.3 Å². The molecule has 14 heavy (non-hydrogen) atoms. The number of primary amides is 1. The Bertz CT molecular complexity index is 302. The van der Waals surface area contributed by atoms with Crippen LogP contribution < -0.4 is 10.6 Å². The van der Waals surface area contributed by atoms with Crippen LogP contribution in [0, 0.1) is 0 Å². The van der Waals surface area contributed by atoms with E-state index < -0.39 is 11.4 Å². The third-order valence-electron chi connectivity index (χ3n) is 1.94. The number of anilines is 1. The van der Waals surface area contributed by atoms with E-state index in [2.05, 4.69) is 0 Å². The van der Waals surface area contributed by atoms with Gasteiger partial charge in [0.1, 0.15) is 0 Å². The molecule has 1 atom stereocenters. The van der Waals surface area contributed by atoms with Crippen LogP contribution in [0.2, 0.25) is 0 Å². The van der Waals surface area contributed by atoms with E-state index in [1.807, 2.05) is 37.3 Å². The number of halogens is 1. The third kappa shape index (κ3) is 2.39. The molecule has 0 saturated heterocycles. The minimum absolute atomic E-state index is 0.530. The maximum atomic E-state index is 10.9. The number of likely N-dealkylation sites (N-methyl/N-ethyl adjacent to an activating group) is 1. The smallest absolute Gasteiger partial charge is 0.255 e. The van der Waals surface area contributed by atoms with Gasteiger partial charge in [0.2, 0.25) is 0 Å². The Morgan fingerprint density at radius 1 is 1.50 bits per heavy atom. The van der Waals surface area contributed by atoms with Gasteiger partial charge in [0.25, 0.3) is 5.91 Å². The molecule has 0 aromatic heterocycles. The van der Waals surface area contributed by atoms with E-state index in [1.165, 1.54) is 0 Å². The normalized spacial score (nSPS) is 12.1. The van der Waals surface area contributed by atoms with Crippen molar-refractivity contribution in [1.82, 2.24) is 0 Å². The van der Waals surface area contributed by atoms with Gasteiger partial charge in [-0.1, -0.05) is 29.8 Å². The molecule has 3 nitrogen and oxygen atoms in total. The molecule has 0 aliphatic rings. The van der Waals surface area contributed by atoms with E-state index in [9.17, 15) is 4.79 Å². The number of hydrogen-bond donors (Lipinski definition) is 1. The summed E-state index contributed by atoms with van der Waals surface area (Å²) in [5.41, 5.74) is 5.24. The quantitative estimate of drug-likeness (QED) is 0.608. The van der Waals surface area contributed by atoms with Gasteiger partial charge in [-0.25, -0.2) is 0 Å². The summed E-state index contributed by atoms with van der Waals surface area (Å²) in [5.74, 6) is -0.530. The Labute approximate surface area is 88.5 Å². The van der Waals surface area contributed by atoms with E-state index in [1.54, 1.807) is 4.90 Å². The van der Waals surface area contributed by atoms with Gasteiger partial charge >= 0.3 is 0 Å². The standard InChI is InChI=1S/C10H13ClN2O/c1-2-13(9(11)10(12)14)8-6-4-3-5-7-8/h3-7,9H,2H2,1H3,(H2,12,14). The summed E-state index contributed by atoms with van der Waals surface area (Å²) >= 11 is 5.87. The van der Waals surface area contributed by atoms with Crippen LogP contribution >= 0.6 is 11.6 Å². The first-order chi connectivity index (χ1) is 6.66. The molecule has 1 aromatic carbocycles. The van der Waals surface area contributed by atoms with Crippen molar-refractivity contribution >= 4 is 23.2 Å². The van der Waals surface area contributed by atoms with Gasteiger partial charge in [0.05, 0.1) is 0 Å². The Morgan fingerprint density at radius 2 is 2.07 bits per heavy atom. The molecule has 0 spiro atoms. The molecule has 0 saturated carbocycles. The van der Waals surface area contributed by atoms with Crippen molar-refractivity contribution in [3.8, 4) is 0 Å². The molecule has 0 aliphatic heterocycles. The first-order valence-corrected chi connectivity index (χ1v) is 4.85. The molecule has 0 heterocycles. The van der Waals surface area contributed by atoms with Crippen LogP contribution in [0.4, 0.5) is 5.69 Å². The Balaban J connectivity index is 2.87. The minimum atomic E-state index is -0.789. The van der Waals surface area contributed by atoms with Crippen LogP contribution in [0.3, 0.4) is 0 Å². The second-order valence-electron chi connectivity index (χ2n) is 2.86. The number of rotatable bonds is 4. The lowest BCUT2D eigenvalue weighted by Gasteiger charge is -2.25. The van der Waals surface area contributed by atoms with Gasteiger partial charge in [-0.2, -0.15) is 0 Å². The van der Waals surface area contributed by atoms with Gasteiger partial charge in [0.15, 0.2) is 5.50 Å². The van der Waals surface area contributed by atoms with Crippen molar-refractivity contribution in [3.05, 3.63) is 30.3 Å². The van der Waals surface area contributed by atoms with Crippen molar-refractivity contribution in [2.24, 2.45) is 5.73 Å². The fourth-order valence-electron chi connectivity index (χ4n) is 1.25. The van der Waals surface area contributed by atoms with E-state index >= 15 is 0 Å². The number of carbonyl (C=O) groups is 1. The molecule has 2 N–H and O–H groups in total. The van der Waals surface area contributed by atoms with Crippen molar-refractivity contribution in [3.63, 3.8) is 0 Å². The van der Waals surface area contributed by atoms with E-state index in [0.29, 0.717) is 6.54 Å². The largest absolute Gasteiger partial charge is 0.367 e. The van der Waals surface area contributed by atoms with Gasteiger partial charge < -0.3 is 10.6 Å². The Hall–Kier alpha value is -1.22. The molecule has 0 bridgehead atoms. The number of nitrogens with zero attached hydrogens (tertiary/aromatic N) is 1.